The first-order valence-corrected chi connectivity index (χ1v) is 13.2. The summed E-state index contributed by atoms with van der Waals surface area (Å²) < 4.78 is 7.62. The first kappa shape index (κ1) is 22.3. The van der Waals surface area contributed by atoms with Crippen LogP contribution < -0.4 is 4.90 Å². The minimum Gasteiger partial charge on any atom is -0.476 e. The summed E-state index contributed by atoms with van der Waals surface area (Å²) >= 11 is 0. The molecule has 1 saturated heterocycles. The average Bonchev–Trinajstić information content (AvgIpc) is 3.55. The van der Waals surface area contributed by atoms with Crippen LogP contribution in [0.15, 0.2) is 53.1 Å². The highest BCUT2D eigenvalue weighted by Gasteiger charge is 2.44. The molecule has 3 aliphatic rings. The number of nitrogens with zero attached hydrogens (tertiary/aromatic N) is 4. The van der Waals surface area contributed by atoms with Gasteiger partial charge >= 0.3 is 5.97 Å². The van der Waals surface area contributed by atoms with Crippen molar-refractivity contribution in [3.8, 4) is 11.3 Å². The molecule has 3 heterocycles. The fourth-order valence-corrected chi connectivity index (χ4v) is 6.27. The maximum absolute atomic E-state index is 11.5. The monoisotopic (exact) mass is 494 g/mol. The van der Waals surface area contributed by atoms with Gasteiger partial charge in [-0.15, -0.1) is 0 Å². The van der Waals surface area contributed by atoms with Crippen LogP contribution in [0.2, 0.25) is 0 Å². The van der Waals surface area contributed by atoms with Crippen LogP contribution in [-0.2, 0) is 7.05 Å². The van der Waals surface area contributed by atoms with Gasteiger partial charge in [-0.25, -0.2) is 4.79 Å². The molecule has 2 fully saturated rings. The highest BCUT2D eigenvalue weighted by Crippen LogP contribution is 2.55. The number of benzene rings is 2. The fraction of sp³-hybridized carbons (Fsp3) is 0.367. The van der Waals surface area contributed by atoms with Crippen LogP contribution in [0.3, 0.4) is 0 Å². The number of carbonyl (C=O) groups is 1. The zero-order valence-electron chi connectivity index (χ0n) is 21.2. The maximum Gasteiger partial charge on any atom is 0.357 e. The van der Waals surface area contributed by atoms with Crippen LogP contribution in [0.1, 0.15) is 65.4 Å². The number of carboxylic acids is 1. The minimum absolute atomic E-state index is 0.109. The second-order valence-corrected chi connectivity index (χ2v) is 11.0. The largest absolute Gasteiger partial charge is 0.476 e. The van der Waals surface area contributed by atoms with Crippen molar-refractivity contribution < 1.29 is 14.4 Å². The molecule has 1 spiro atoms. The van der Waals surface area contributed by atoms with Gasteiger partial charge in [-0.3, -0.25) is 4.68 Å². The molecule has 0 unspecified atom stereocenters. The van der Waals surface area contributed by atoms with E-state index in [0.29, 0.717) is 11.3 Å². The van der Waals surface area contributed by atoms with Crippen molar-refractivity contribution in [3.63, 3.8) is 0 Å². The molecule has 2 aromatic heterocycles. The first-order valence-electron chi connectivity index (χ1n) is 13.2. The lowest BCUT2D eigenvalue weighted by Gasteiger charge is -2.47. The minimum atomic E-state index is -0.992. The smallest absolute Gasteiger partial charge is 0.357 e. The van der Waals surface area contributed by atoms with Gasteiger partial charge in [0.15, 0.2) is 5.69 Å². The molecule has 0 atom stereocenters. The van der Waals surface area contributed by atoms with Crippen LogP contribution in [0.5, 0.6) is 0 Å². The molecule has 0 amide bonds. The lowest BCUT2D eigenvalue weighted by atomic mass is 9.63. The maximum atomic E-state index is 11.5. The Kier molecular flexibility index (Phi) is 4.87. The molecule has 1 saturated carbocycles. The molecule has 0 bridgehead atoms. The molecular formula is C30H30N4O3. The molecule has 4 aromatic rings. The predicted octanol–water partition coefficient (Wildman–Crippen LogP) is 6.19. The SMILES string of the molecule is Cc1ccccc1-c1noc(C2CC2)c1C1=CC2(CCN(c3ccc4c(C(=O)O)nn(C)c4c3)CC2)C1. The number of carboxylic acid groups (broad SMARTS) is 1. The van der Waals surface area contributed by atoms with Crippen molar-refractivity contribution in [2.24, 2.45) is 12.5 Å². The fourth-order valence-electron chi connectivity index (χ4n) is 6.27. The Morgan fingerprint density at radius 3 is 2.59 bits per heavy atom. The van der Waals surface area contributed by atoms with Crippen molar-refractivity contribution in [2.45, 2.75) is 44.9 Å². The Bertz CT molecular complexity index is 1580. The highest BCUT2D eigenvalue weighted by molar-refractivity contribution is 6.02. The predicted molar refractivity (Wildman–Crippen MR) is 143 cm³/mol. The number of hydrogen-bond donors (Lipinski definition) is 1. The van der Waals surface area contributed by atoms with Crippen LogP contribution in [-0.4, -0.2) is 39.1 Å². The van der Waals surface area contributed by atoms with E-state index in [4.69, 9.17) is 4.52 Å². The topological polar surface area (TPSA) is 84.4 Å². The van der Waals surface area contributed by atoms with Gasteiger partial charge in [0.05, 0.1) is 5.52 Å². The van der Waals surface area contributed by atoms with E-state index in [1.54, 1.807) is 11.7 Å². The molecule has 2 aliphatic carbocycles. The summed E-state index contributed by atoms with van der Waals surface area (Å²) in [6.07, 6.45) is 8.17. The quantitative estimate of drug-likeness (QED) is 0.356. The molecule has 1 N–H and O–H groups in total. The first-order chi connectivity index (χ1) is 17.9. The Balaban J connectivity index is 1.13. The van der Waals surface area contributed by atoms with Gasteiger partial charge in [-0.2, -0.15) is 5.10 Å². The Hall–Kier alpha value is -3.87. The van der Waals surface area contributed by atoms with Crippen molar-refractivity contribution in [1.82, 2.24) is 14.9 Å². The molecule has 7 rings (SSSR count). The number of aryl methyl sites for hydroxylation is 2. The van der Waals surface area contributed by atoms with Crippen LogP contribution >= 0.6 is 0 Å². The number of aromatic nitrogens is 3. The third kappa shape index (κ3) is 3.59. The lowest BCUT2D eigenvalue weighted by molar-refractivity contribution is 0.0691. The summed E-state index contributed by atoms with van der Waals surface area (Å²) in [6, 6.07) is 14.4. The molecule has 2 aromatic carbocycles. The molecule has 7 heteroatoms. The van der Waals surface area contributed by atoms with E-state index >= 15 is 0 Å². The number of fused-ring (bicyclic) bond motifs is 1. The van der Waals surface area contributed by atoms with Gasteiger partial charge in [0.1, 0.15) is 11.5 Å². The second-order valence-electron chi connectivity index (χ2n) is 11.0. The van der Waals surface area contributed by atoms with E-state index in [-0.39, 0.29) is 11.1 Å². The number of piperidine rings is 1. The number of allylic oxidation sites excluding steroid dienone is 2. The van der Waals surface area contributed by atoms with Gasteiger partial charge in [-0.05, 0) is 73.8 Å². The highest BCUT2D eigenvalue weighted by atomic mass is 16.5. The van der Waals surface area contributed by atoms with Crippen molar-refractivity contribution in [3.05, 3.63) is 71.1 Å². The Morgan fingerprint density at radius 1 is 1.14 bits per heavy atom. The summed E-state index contributed by atoms with van der Waals surface area (Å²) in [4.78, 5) is 13.9. The van der Waals surface area contributed by atoms with Gasteiger partial charge in [-0.1, -0.05) is 35.5 Å². The normalized spacial score (nSPS) is 18.8. The molecule has 37 heavy (non-hydrogen) atoms. The second kappa shape index (κ2) is 8.07. The van der Waals surface area contributed by atoms with Crippen molar-refractivity contribution in [1.29, 1.82) is 0 Å². The molecule has 188 valence electrons. The summed E-state index contributed by atoms with van der Waals surface area (Å²) in [5.74, 6) is 0.610. The third-order valence-electron chi connectivity index (χ3n) is 8.57. The number of hydrogen-bond acceptors (Lipinski definition) is 5. The lowest BCUT2D eigenvalue weighted by Crippen LogP contribution is -2.42. The summed E-state index contributed by atoms with van der Waals surface area (Å²) in [6.45, 7) is 4.09. The number of aromatic carboxylic acids is 1. The molecule has 0 radical (unpaired) electrons. The molecular weight excluding hydrogens is 464 g/mol. The van der Waals surface area contributed by atoms with Gasteiger partial charge in [0, 0.05) is 48.3 Å². The summed E-state index contributed by atoms with van der Waals surface area (Å²) in [5, 5.41) is 18.9. The van der Waals surface area contributed by atoms with E-state index < -0.39 is 5.97 Å². The molecule has 1 aliphatic heterocycles. The number of rotatable bonds is 5. The van der Waals surface area contributed by atoms with Gasteiger partial charge < -0.3 is 14.5 Å². The van der Waals surface area contributed by atoms with Crippen LogP contribution in [0.25, 0.3) is 27.7 Å². The van der Waals surface area contributed by atoms with E-state index in [0.717, 1.165) is 55.0 Å². The van der Waals surface area contributed by atoms with Gasteiger partial charge in [0.25, 0.3) is 0 Å². The number of anilines is 1. The average molecular weight is 495 g/mol. The van der Waals surface area contributed by atoms with Crippen LogP contribution in [0.4, 0.5) is 5.69 Å². The zero-order valence-corrected chi connectivity index (χ0v) is 21.2. The Morgan fingerprint density at radius 2 is 1.89 bits per heavy atom. The van der Waals surface area contributed by atoms with Crippen LogP contribution in [0, 0.1) is 12.3 Å². The standard InChI is InChI=1S/C30H30N4O3/c1-18-5-3-4-6-22(18)26-25(28(37-32-26)19-7-8-19)20-16-30(17-20)11-13-34(14-12-30)21-9-10-23-24(15-21)33(2)31-27(23)29(35)36/h3-6,9-10,15-16,19H,7-8,11-14,17H2,1-2H3,(H,35,36). The van der Waals surface area contributed by atoms with E-state index in [2.05, 4.69) is 58.5 Å². The summed E-state index contributed by atoms with van der Waals surface area (Å²) in [5.41, 5.74) is 8.37. The van der Waals surface area contributed by atoms with Gasteiger partial charge in [0.2, 0.25) is 0 Å². The van der Waals surface area contributed by atoms with E-state index in [1.807, 2.05) is 12.1 Å². The van der Waals surface area contributed by atoms with Crippen molar-refractivity contribution in [2.75, 3.05) is 18.0 Å². The van der Waals surface area contributed by atoms with E-state index in [1.165, 1.54) is 35.1 Å². The van der Waals surface area contributed by atoms with E-state index in [9.17, 15) is 9.90 Å². The third-order valence-corrected chi connectivity index (χ3v) is 8.57. The summed E-state index contributed by atoms with van der Waals surface area (Å²) in [7, 11) is 1.80. The zero-order chi connectivity index (χ0) is 25.3. The Labute approximate surface area is 215 Å². The molecule has 7 nitrogen and oxygen atoms in total. The van der Waals surface area contributed by atoms with Crippen molar-refractivity contribution >= 4 is 28.1 Å².